The molecule has 0 aromatic carbocycles. The number of halogens is 1. The molecule has 1 amide bonds. The van der Waals surface area contributed by atoms with Gasteiger partial charge in [-0.05, 0) is 18.8 Å². The molecule has 3 atom stereocenters. The third-order valence-electron chi connectivity index (χ3n) is 2.73. The summed E-state index contributed by atoms with van der Waals surface area (Å²) in [5, 5.41) is 3.12. The van der Waals surface area contributed by atoms with Crippen LogP contribution in [0.15, 0.2) is 0 Å². The minimum atomic E-state index is 0.181. The lowest BCUT2D eigenvalue weighted by molar-refractivity contribution is -0.119. The van der Waals surface area contributed by atoms with Gasteiger partial charge in [-0.3, -0.25) is 4.79 Å². The molecule has 11 heavy (non-hydrogen) atoms. The van der Waals surface area contributed by atoms with E-state index in [9.17, 15) is 4.79 Å². The molecular formula is C8H12ClNO. The number of alkyl halides is 1. The Labute approximate surface area is 71.3 Å². The molecule has 0 bridgehead atoms. The predicted octanol–water partition coefficient (Wildman–Crippen LogP) is 1.28. The Morgan fingerprint density at radius 2 is 2.27 bits per heavy atom. The van der Waals surface area contributed by atoms with Gasteiger partial charge < -0.3 is 5.32 Å². The van der Waals surface area contributed by atoms with Crippen molar-refractivity contribution < 1.29 is 4.79 Å². The highest BCUT2D eigenvalue weighted by molar-refractivity contribution is 6.21. The van der Waals surface area contributed by atoms with Crippen LogP contribution in [-0.4, -0.2) is 17.3 Å². The van der Waals surface area contributed by atoms with Crippen LogP contribution in [0, 0.1) is 5.92 Å². The largest absolute Gasteiger partial charge is 0.352 e. The summed E-state index contributed by atoms with van der Waals surface area (Å²) in [5.74, 6) is 0.714. The molecule has 1 heterocycles. The SMILES string of the molecule is O=C1C[C@@H]2CCC[C@H](Cl)[C@@H]2N1. The van der Waals surface area contributed by atoms with Gasteiger partial charge in [0.2, 0.25) is 5.91 Å². The summed E-state index contributed by atoms with van der Waals surface area (Å²) in [4.78, 5) is 11.0. The third kappa shape index (κ3) is 1.24. The number of fused-ring (bicyclic) bond motifs is 1. The fourth-order valence-electron chi connectivity index (χ4n) is 2.15. The van der Waals surface area contributed by atoms with Crippen LogP contribution in [0.25, 0.3) is 0 Å². The molecule has 1 aliphatic carbocycles. The highest BCUT2D eigenvalue weighted by Crippen LogP contribution is 2.33. The van der Waals surface area contributed by atoms with Crippen LogP contribution in [0.3, 0.4) is 0 Å². The molecule has 0 aromatic heterocycles. The predicted molar refractivity (Wildman–Crippen MR) is 43.5 cm³/mol. The highest BCUT2D eigenvalue weighted by atomic mass is 35.5. The first-order chi connectivity index (χ1) is 5.27. The number of hydrogen-bond donors (Lipinski definition) is 1. The standard InChI is InChI=1S/C8H12ClNO/c9-6-3-1-2-5-4-7(11)10-8(5)6/h5-6,8H,1-4H2,(H,10,11)/t5-,6-,8+/m0/s1. The van der Waals surface area contributed by atoms with Crippen molar-refractivity contribution in [3.05, 3.63) is 0 Å². The molecular weight excluding hydrogens is 162 g/mol. The van der Waals surface area contributed by atoms with Gasteiger partial charge in [0.15, 0.2) is 0 Å². The Bertz CT molecular complexity index is 183. The summed E-state index contributed by atoms with van der Waals surface area (Å²) in [6.07, 6.45) is 4.12. The summed E-state index contributed by atoms with van der Waals surface area (Å²) >= 11 is 6.07. The molecule has 0 radical (unpaired) electrons. The molecule has 2 fully saturated rings. The second-order valence-electron chi connectivity index (χ2n) is 3.50. The van der Waals surface area contributed by atoms with E-state index in [0.29, 0.717) is 12.3 Å². The number of nitrogens with one attached hydrogen (secondary N) is 1. The Morgan fingerprint density at radius 1 is 1.45 bits per heavy atom. The maximum Gasteiger partial charge on any atom is 0.220 e. The summed E-state index contributed by atoms with van der Waals surface area (Å²) in [6.45, 7) is 0. The minimum Gasteiger partial charge on any atom is -0.352 e. The average molecular weight is 174 g/mol. The zero-order valence-corrected chi connectivity index (χ0v) is 7.10. The van der Waals surface area contributed by atoms with E-state index in [-0.39, 0.29) is 17.3 Å². The van der Waals surface area contributed by atoms with Gasteiger partial charge >= 0.3 is 0 Å². The van der Waals surface area contributed by atoms with Crippen molar-refractivity contribution in [1.82, 2.24) is 5.32 Å². The van der Waals surface area contributed by atoms with Gasteiger partial charge in [-0.25, -0.2) is 0 Å². The number of amides is 1. The topological polar surface area (TPSA) is 29.1 Å². The van der Waals surface area contributed by atoms with Gasteiger partial charge in [-0.1, -0.05) is 6.42 Å². The molecule has 0 spiro atoms. The Kier molecular flexibility index (Phi) is 1.80. The average Bonchev–Trinajstić information content (AvgIpc) is 2.31. The smallest absolute Gasteiger partial charge is 0.220 e. The highest BCUT2D eigenvalue weighted by Gasteiger charge is 2.38. The zero-order valence-electron chi connectivity index (χ0n) is 6.35. The maximum absolute atomic E-state index is 11.0. The van der Waals surface area contributed by atoms with Crippen LogP contribution < -0.4 is 5.32 Å². The number of rotatable bonds is 0. The number of carbonyl (C=O) groups excluding carboxylic acids is 1. The molecule has 2 aliphatic rings. The van der Waals surface area contributed by atoms with Gasteiger partial charge in [0, 0.05) is 12.5 Å². The second kappa shape index (κ2) is 2.67. The van der Waals surface area contributed by atoms with Gasteiger partial charge in [-0.15, -0.1) is 11.6 Å². The van der Waals surface area contributed by atoms with E-state index in [0.717, 1.165) is 6.42 Å². The molecule has 1 aliphatic heterocycles. The molecule has 62 valence electrons. The second-order valence-corrected chi connectivity index (χ2v) is 4.06. The summed E-state index contributed by atoms with van der Waals surface area (Å²) < 4.78 is 0. The summed E-state index contributed by atoms with van der Waals surface area (Å²) in [6, 6.07) is 0.276. The van der Waals surface area contributed by atoms with E-state index in [4.69, 9.17) is 11.6 Å². The van der Waals surface area contributed by atoms with Crippen molar-refractivity contribution in [1.29, 1.82) is 0 Å². The third-order valence-corrected chi connectivity index (χ3v) is 3.22. The van der Waals surface area contributed by atoms with E-state index in [1.165, 1.54) is 12.8 Å². The van der Waals surface area contributed by atoms with Gasteiger partial charge in [0.25, 0.3) is 0 Å². The first kappa shape index (κ1) is 7.41. The molecule has 0 unspecified atom stereocenters. The van der Waals surface area contributed by atoms with Crippen molar-refractivity contribution in [3.63, 3.8) is 0 Å². The lowest BCUT2D eigenvalue weighted by atomic mass is 9.85. The van der Waals surface area contributed by atoms with E-state index < -0.39 is 0 Å². The first-order valence-electron chi connectivity index (χ1n) is 4.21. The molecule has 1 saturated carbocycles. The van der Waals surface area contributed by atoms with E-state index in [1.54, 1.807) is 0 Å². The maximum atomic E-state index is 11.0. The Balaban J connectivity index is 2.09. The van der Waals surface area contributed by atoms with Crippen LogP contribution in [0.1, 0.15) is 25.7 Å². The normalized spacial score (nSPS) is 43.4. The molecule has 2 nitrogen and oxygen atoms in total. The van der Waals surface area contributed by atoms with Crippen molar-refractivity contribution >= 4 is 17.5 Å². The summed E-state index contributed by atoms with van der Waals surface area (Å²) in [7, 11) is 0. The summed E-state index contributed by atoms with van der Waals surface area (Å²) in [5.41, 5.74) is 0. The van der Waals surface area contributed by atoms with Crippen molar-refractivity contribution in [2.75, 3.05) is 0 Å². The monoisotopic (exact) mass is 173 g/mol. The van der Waals surface area contributed by atoms with Crippen molar-refractivity contribution in [2.24, 2.45) is 5.92 Å². The van der Waals surface area contributed by atoms with Crippen molar-refractivity contribution in [2.45, 2.75) is 37.1 Å². The fourth-order valence-corrected chi connectivity index (χ4v) is 2.57. The minimum absolute atomic E-state index is 0.181. The fraction of sp³-hybridized carbons (Fsp3) is 0.875. The number of hydrogen-bond acceptors (Lipinski definition) is 1. The van der Waals surface area contributed by atoms with E-state index >= 15 is 0 Å². The molecule has 0 aromatic rings. The molecule has 1 N–H and O–H groups in total. The lowest BCUT2D eigenvalue weighted by Gasteiger charge is -2.28. The quantitative estimate of drug-likeness (QED) is 0.550. The van der Waals surface area contributed by atoms with Crippen LogP contribution >= 0.6 is 11.6 Å². The first-order valence-corrected chi connectivity index (χ1v) is 4.64. The van der Waals surface area contributed by atoms with Crippen molar-refractivity contribution in [3.8, 4) is 0 Å². The Hall–Kier alpha value is -0.240. The van der Waals surface area contributed by atoms with Crippen LogP contribution in [0.4, 0.5) is 0 Å². The van der Waals surface area contributed by atoms with E-state index in [1.807, 2.05) is 0 Å². The van der Waals surface area contributed by atoms with Crippen LogP contribution in [0.5, 0.6) is 0 Å². The van der Waals surface area contributed by atoms with Crippen LogP contribution in [-0.2, 0) is 4.79 Å². The van der Waals surface area contributed by atoms with Gasteiger partial charge in [0.05, 0.1) is 5.38 Å². The molecule has 2 rings (SSSR count). The lowest BCUT2D eigenvalue weighted by Crippen LogP contribution is -2.39. The molecule has 1 saturated heterocycles. The molecule has 3 heteroatoms. The van der Waals surface area contributed by atoms with Gasteiger partial charge in [0.1, 0.15) is 0 Å². The van der Waals surface area contributed by atoms with Crippen LogP contribution in [0.2, 0.25) is 0 Å². The zero-order chi connectivity index (χ0) is 7.84. The number of carbonyl (C=O) groups is 1. The van der Waals surface area contributed by atoms with E-state index in [2.05, 4.69) is 5.32 Å². The van der Waals surface area contributed by atoms with Gasteiger partial charge in [-0.2, -0.15) is 0 Å². The Morgan fingerprint density at radius 3 is 3.00 bits per heavy atom.